The lowest BCUT2D eigenvalue weighted by Gasteiger charge is -2.17. The number of benzene rings is 5. The Labute approximate surface area is 344 Å². The number of aromatic nitrogens is 2. The SMILES string of the molecule is CC1=CC(=Nc2c([NH2+]c3ccccc3)cc(N)c(C)c2C)CC=C1NCCCCCCCCNc1cc2c(cc1C)nc1c(C)c(C)c(N)cc1[n+]2-c1ccccc1. The largest absolute Gasteiger partial charge is 0.398 e. The highest BCUT2D eigenvalue weighted by atomic mass is 15.0. The average molecular weight is 773 g/mol. The third-order valence-electron chi connectivity index (χ3n) is 11.8. The standard InChI is InChI=1S/C50H58N8/c1-32-27-39(56-49-36(5)34(3)41(51)29-46(49)55-38-19-13-11-14-20-38)23-24-43(32)53-25-17-9-7-8-10-18-26-54-44-31-47-45(28-33(44)2)57-50-37(6)35(4)42(52)30-48(50)58(47)40-21-15-12-16-22-40/h11-16,19-22,24,27-31,53,55H,7-10,17-18,23,25-26,51H2,1-6H3,(H2,52,54)/p+2. The summed E-state index contributed by atoms with van der Waals surface area (Å²) in [4.78, 5) is 10.3. The summed E-state index contributed by atoms with van der Waals surface area (Å²) in [7, 11) is 0. The van der Waals surface area contributed by atoms with E-state index in [-0.39, 0.29) is 0 Å². The van der Waals surface area contributed by atoms with Gasteiger partial charge in [-0.25, -0.2) is 9.98 Å². The van der Waals surface area contributed by atoms with Gasteiger partial charge in [0.1, 0.15) is 22.4 Å². The lowest BCUT2D eigenvalue weighted by Crippen LogP contribution is -2.71. The number of unbranched alkanes of at least 4 members (excludes halogenated alkanes) is 5. The number of nitrogens with zero attached hydrogens (tertiary/aromatic N) is 3. The summed E-state index contributed by atoms with van der Waals surface area (Å²) in [6, 6.07) is 29.5. The molecule has 0 bridgehead atoms. The Balaban J connectivity index is 0.880. The van der Waals surface area contributed by atoms with E-state index < -0.39 is 0 Å². The molecule has 0 atom stereocenters. The lowest BCUT2D eigenvalue weighted by molar-refractivity contribution is -0.538. The molecule has 7 rings (SSSR count). The number of hydrogen-bond acceptors (Lipinski definition) is 6. The number of aryl methyl sites for hydroxylation is 2. The van der Waals surface area contributed by atoms with Crippen molar-refractivity contribution in [1.29, 1.82) is 0 Å². The predicted molar refractivity (Wildman–Crippen MR) is 245 cm³/mol. The van der Waals surface area contributed by atoms with E-state index in [2.05, 4.69) is 153 Å². The van der Waals surface area contributed by atoms with Crippen molar-refractivity contribution in [3.05, 3.63) is 136 Å². The van der Waals surface area contributed by atoms with Crippen LogP contribution in [0, 0.1) is 34.6 Å². The highest BCUT2D eigenvalue weighted by molar-refractivity contribution is 6.01. The van der Waals surface area contributed by atoms with Gasteiger partial charge in [-0.1, -0.05) is 68.2 Å². The molecule has 0 radical (unpaired) electrons. The molecule has 1 aliphatic rings. The summed E-state index contributed by atoms with van der Waals surface area (Å²) in [6.07, 6.45) is 12.6. The summed E-state index contributed by atoms with van der Waals surface area (Å²) >= 11 is 0. The topological polar surface area (TPSA) is 122 Å². The van der Waals surface area contributed by atoms with E-state index in [1.165, 1.54) is 42.5 Å². The van der Waals surface area contributed by atoms with Crippen LogP contribution in [0.15, 0.2) is 113 Å². The lowest BCUT2D eigenvalue weighted by atomic mass is 10.0. The van der Waals surface area contributed by atoms with Crippen LogP contribution in [0.4, 0.5) is 34.1 Å². The average Bonchev–Trinajstić information content (AvgIpc) is 3.22. The van der Waals surface area contributed by atoms with Crippen LogP contribution in [-0.4, -0.2) is 23.8 Å². The molecule has 1 aromatic heterocycles. The normalized spacial score (nSPS) is 13.6. The van der Waals surface area contributed by atoms with Crippen LogP contribution < -0.4 is 32.0 Å². The van der Waals surface area contributed by atoms with Gasteiger partial charge >= 0.3 is 0 Å². The van der Waals surface area contributed by atoms with Crippen molar-refractivity contribution in [2.45, 2.75) is 86.5 Å². The molecule has 1 heterocycles. The number of nitrogens with two attached hydrogens (primary N) is 3. The maximum Gasteiger partial charge on any atom is 0.239 e. The number of rotatable bonds is 15. The molecule has 0 spiro atoms. The molecule has 8 N–H and O–H groups in total. The Morgan fingerprint density at radius 1 is 0.690 bits per heavy atom. The molecular weight excluding hydrogens is 713 g/mol. The minimum atomic E-state index is 0.792. The molecule has 8 nitrogen and oxygen atoms in total. The Kier molecular flexibility index (Phi) is 12.5. The molecule has 0 fully saturated rings. The second kappa shape index (κ2) is 18.1. The van der Waals surface area contributed by atoms with E-state index in [0.29, 0.717) is 0 Å². The van der Waals surface area contributed by atoms with Crippen LogP contribution >= 0.6 is 0 Å². The first-order valence-corrected chi connectivity index (χ1v) is 20.9. The van der Waals surface area contributed by atoms with Crippen molar-refractivity contribution in [3.63, 3.8) is 0 Å². The first kappa shape index (κ1) is 40.2. The van der Waals surface area contributed by atoms with Gasteiger partial charge in [-0.2, -0.15) is 0 Å². The molecule has 0 unspecified atom stereocenters. The Morgan fingerprint density at radius 2 is 1.33 bits per heavy atom. The fraction of sp³-hybridized carbons (Fsp3) is 0.300. The molecular formula is C50H60N8+2. The maximum absolute atomic E-state index is 6.49. The van der Waals surface area contributed by atoms with Crippen molar-refractivity contribution in [3.8, 4) is 5.69 Å². The van der Waals surface area contributed by atoms with Crippen LogP contribution in [0.1, 0.15) is 79.7 Å². The van der Waals surface area contributed by atoms with Crippen LogP contribution in [0.25, 0.3) is 27.8 Å². The van der Waals surface area contributed by atoms with Gasteiger partial charge in [0, 0.05) is 78.3 Å². The molecule has 0 aliphatic heterocycles. The monoisotopic (exact) mass is 772 g/mol. The van der Waals surface area contributed by atoms with E-state index in [4.69, 9.17) is 21.4 Å². The first-order valence-electron chi connectivity index (χ1n) is 20.9. The second-order valence-electron chi connectivity index (χ2n) is 16.0. The number of nitrogen functional groups attached to an aromatic ring is 2. The quantitative estimate of drug-likeness (QED) is 0.0308. The fourth-order valence-corrected chi connectivity index (χ4v) is 8.00. The second-order valence-corrected chi connectivity index (χ2v) is 16.0. The van der Waals surface area contributed by atoms with E-state index in [0.717, 1.165) is 122 Å². The number of fused-ring (bicyclic) bond motifs is 2. The van der Waals surface area contributed by atoms with E-state index >= 15 is 0 Å². The van der Waals surface area contributed by atoms with E-state index in [1.807, 2.05) is 6.07 Å². The van der Waals surface area contributed by atoms with E-state index in [9.17, 15) is 0 Å². The van der Waals surface area contributed by atoms with Crippen molar-refractivity contribution in [2.75, 3.05) is 29.9 Å². The van der Waals surface area contributed by atoms with Crippen LogP contribution in [-0.2, 0) is 0 Å². The molecule has 8 heteroatoms. The van der Waals surface area contributed by atoms with Gasteiger partial charge in [-0.05, 0) is 112 Å². The van der Waals surface area contributed by atoms with Gasteiger partial charge in [0.05, 0.1) is 0 Å². The van der Waals surface area contributed by atoms with Gasteiger partial charge in [0.25, 0.3) is 0 Å². The van der Waals surface area contributed by atoms with Gasteiger partial charge in [-0.3, -0.25) is 5.32 Å². The van der Waals surface area contributed by atoms with Gasteiger partial charge in [0.15, 0.2) is 5.69 Å². The number of para-hydroxylation sites is 2. The highest BCUT2D eigenvalue weighted by Gasteiger charge is 2.24. The molecule has 0 saturated heterocycles. The van der Waals surface area contributed by atoms with Crippen LogP contribution in [0.2, 0.25) is 0 Å². The number of nitrogens with one attached hydrogen (secondary N) is 2. The van der Waals surface area contributed by atoms with Gasteiger partial charge in [-0.15, -0.1) is 4.57 Å². The first-order chi connectivity index (χ1) is 28.1. The minimum Gasteiger partial charge on any atom is -0.398 e. The minimum absolute atomic E-state index is 0.792. The third-order valence-corrected chi connectivity index (χ3v) is 11.8. The highest BCUT2D eigenvalue weighted by Crippen LogP contribution is 2.34. The summed E-state index contributed by atoms with van der Waals surface area (Å²) < 4.78 is 2.31. The predicted octanol–water partition coefficient (Wildman–Crippen LogP) is 10.2. The molecule has 6 aromatic rings. The zero-order valence-electron chi connectivity index (χ0n) is 35.2. The van der Waals surface area contributed by atoms with Gasteiger partial charge < -0.3 is 22.1 Å². The number of anilines is 3. The van der Waals surface area contributed by atoms with Crippen molar-refractivity contribution < 1.29 is 9.88 Å². The molecule has 0 amide bonds. The van der Waals surface area contributed by atoms with Crippen LogP contribution in [0.3, 0.4) is 0 Å². The van der Waals surface area contributed by atoms with Crippen LogP contribution in [0.5, 0.6) is 0 Å². The van der Waals surface area contributed by atoms with Crippen molar-refractivity contribution in [2.24, 2.45) is 4.99 Å². The Bertz CT molecular complexity index is 2530. The fourth-order valence-electron chi connectivity index (χ4n) is 8.00. The zero-order valence-corrected chi connectivity index (χ0v) is 35.2. The summed E-state index contributed by atoms with van der Waals surface area (Å²) in [5.74, 6) is 0. The smallest absolute Gasteiger partial charge is 0.239 e. The molecule has 298 valence electrons. The number of aliphatic imine (C=N–C) groups is 1. The number of quaternary nitrogens is 1. The Hall–Kier alpha value is -5.99. The number of allylic oxidation sites excluding steroid dienone is 3. The summed E-state index contributed by atoms with van der Waals surface area (Å²) in [6.45, 7) is 14.7. The summed E-state index contributed by atoms with van der Waals surface area (Å²) in [5, 5.41) is 9.62. The van der Waals surface area contributed by atoms with Crippen molar-refractivity contribution >= 4 is 61.9 Å². The molecule has 58 heavy (non-hydrogen) atoms. The number of hydrogen-bond donors (Lipinski definition) is 5. The summed E-state index contributed by atoms with van der Waals surface area (Å²) in [5.41, 5.74) is 33.2. The van der Waals surface area contributed by atoms with E-state index in [1.54, 1.807) is 0 Å². The maximum atomic E-state index is 6.49. The van der Waals surface area contributed by atoms with Gasteiger partial charge in [0.2, 0.25) is 16.7 Å². The Morgan fingerprint density at radius 3 is 2.03 bits per heavy atom. The van der Waals surface area contributed by atoms with Crippen molar-refractivity contribution in [1.82, 2.24) is 10.3 Å². The third kappa shape index (κ3) is 8.93. The molecule has 5 aromatic carbocycles. The molecule has 1 aliphatic carbocycles. The molecule has 0 saturated carbocycles. The zero-order chi connectivity index (χ0) is 40.8.